The number of likely N-dealkylation sites (tertiary alicyclic amines) is 1. The average molecular weight is 505 g/mol. The molecule has 1 aromatic carbocycles. The van der Waals surface area contributed by atoms with Gasteiger partial charge in [-0.3, -0.25) is 9.59 Å². The van der Waals surface area contributed by atoms with Crippen LogP contribution >= 0.6 is 11.3 Å². The van der Waals surface area contributed by atoms with Crippen molar-refractivity contribution in [3.05, 3.63) is 41.0 Å². The first kappa shape index (κ1) is 26.6. The standard InChI is InChI=1S/C24H32N4O6S/c1-13(14-5-7-15(8-6-14)19-17(11-29)26-12-35-19)27-21(31)18-9-16(30)10-28(18)22(32)20(24(2,3)4)34-23(25)33/h5-8,12-13,16,18,20,29-30H,9-11H2,1-4H3,(H2,25,33)(H,27,31)/t13?,16-,18+,20?/m1/s1. The number of thiazole rings is 1. The van der Waals surface area contributed by atoms with Gasteiger partial charge >= 0.3 is 6.09 Å². The number of nitrogens with zero attached hydrogens (tertiary/aromatic N) is 2. The average Bonchev–Trinajstić information content (AvgIpc) is 3.42. The summed E-state index contributed by atoms with van der Waals surface area (Å²) in [7, 11) is 0. The van der Waals surface area contributed by atoms with Gasteiger partial charge in [0, 0.05) is 18.4 Å². The molecule has 1 fully saturated rings. The van der Waals surface area contributed by atoms with Crippen molar-refractivity contribution in [3.8, 4) is 10.4 Å². The van der Waals surface area contributed by atoms with E-state index < -0.39 is 41.6 Å². The van der Waals surface area contributed by atoms with E-state index in [0.29, 0.717) is 5.69 Å². The first-order chi connectivity index (χ1) is 16.4. The number of amides is 3. The molecule has 1 saturated heterocycles. The first-order valence-corrected chi connectivity index (χ1v) is 12.2. The number of primary amides is 1. The minimum Gasteiger partial charge on any atom is -0.436 e. The summed E-state index contributed by atoms with van der Waals surface area (Å²) in [6.07, 6.45) is -3.08. The molecule has 2 heterocycles. The molecule has 5 N–H and O–H groups in total. The lowest BCUT2D eigenvalue weighted by atomic mass is 9.88. The SMILES string of the molecule is CC(NC(=O)[C@@H]1C[C@@H](O)CN1C(=O)C(OC(N)=O)C(C)(C)C)c1ccc(-c2scnc2CO)cc1. The van der Waals surface area contributed by atoms with Gasteiger partial charge in [0.25, 0.3) is 5.91 Å². The highest BCUT2D eigenvalue weighted by atomic mass is 32.1. The molecule has 35 heavy (non-hydrogen) atoms. The zero-order valence-corrected chi connectivity index (χ0v) is 21.0. The van der Waals surface area contributed by atoms with Crippen LogP contribution in [0, 0.1) is 5.41 Å². The number of aliphatic hydroxyl groups is 2. The van der Waals surface area contributed by atoms with Crippen molar-refractivity contribution in [2.45, 2.75) is 65.0 Å². The van der Waals surface area contributed by atoms with Gasteiger partial charge in [-0.15, -0.1) is 11.3 Å². The van der Waals surface area contributed by atoms with Crippen LogP contribution in [0.15, 0.2) is 29.8 Å². The lowest BCUT2D eigenvalue weighted by molar-refractivity contribution is -0.150. The Labute approximate surface area is 208 Å². The van der Waals surface area contributed by atoms with E-state index in [1.54, 1.807) is 26.3 Å². The Morgan fingerprint density at radius 2 is 1.94 bits per heavy atom. The highest BCUT2D eigenvalue weighted by Gasteiger charge is 2.45. The summed E-state index contributed by atoms with van der Waals surface area (Å²) in [4.78, 5) is 44.0. The lowest BCUT2D eigenvalue weighted by Gasteiger charge is -2.34. The van der Waals surface area contributed by atoms with Crippen LogP contribution in [0.2, 0.25) is 0 Å². The van der Waals surface area contributed by atoms with Gasteiger partial charge in [-0.1, -0.05) is 45.0 Å². The molecule has 0 bridgehead atoms. The zero-order chi connectivity index (χ0) is 25.9. The highest BCUT2D eigenvalue weighted by Crippen LogP contribution is 2.30. The number of benzene rings is 1. The molecule has 10 nitrogen and oxygen atoms in total. The van der Waals surface area contributed by atoms with E-state index in [1.165, 1.54) is 16.2 Å². The molecule has 11 heteroatoms. The second-order valence-corrected chi connectivity index (χ2v) is 10.6. The number of carbonyl (C=O) groups excluding carboxylic acids is 3. The van der Waals surface area contributed by atoms with E-state index in [-0.39, 0.29) is 25.6 Å². The number of aliphatic hydroxyl groups excluding tert-OH is 2. The van der Waals surface area contributed by atoms with Crippen LogP contribution in [0.25, 0.3) is 10.4 Å². The first-order valence-electron chi connectivity index (χ1n) is 11.3. The maximum absolute atomic E-state index is 13.2. The summed E-state index contributed by atoms with van der Waals surface area (Å²) >= 11 is 1.44. The van der Waals surface area contributed by atoms with Crippen molar-refractivity contribution in [2.24, 2.45) is 11.1 Å². The largest absolute Gasteiger partial charge is 0.436 e. The molecule has 0 spiro atoms. The molecule has 3 amide bonds. The van der Waals surface area contributed by atoms with Gasteiger partial charge in [0.05, 0.1) is 34.8 Å². The van der Waals surface area contributed by atoms with Crippen LogP contribution in [0.5, 0.6) is 0 Å². The predicted octanol–water partition coefficient (Wildman–Crippen LogP) is 1.95. The van der Waals surface area contributed by atoms with Gasteiger partial charge in [-0.05, 0) is 18.1 Å². The molecular formula is C24H32N4O6S. The normalized spacial score (nSPS) is 19.8. The lowest BCUT2D eigenvalue weighted by Crippen LogP contribution is -2.53. The maximum atomic E-state index is 13.2. The van der Waals surface area contributed by atoms with Crippen molar-refractivity contribution in [3.63, 3.8) is 0 Å². The monoisotopic (exact) mass is 504 g/mol. The van der Waals surface area contributed by atoms with Crippen LogP contribution < -0.4 is 11.1 Å². The molecular weight excluding hydrogens is 472 g/mol. The molecule has 3 rings (SSSR count). The number of hydrogen-bond donors (Lipinski definition) is 4. The third-order valence-corrected chi connectivity index (χ3v) is 6.85. The summed E-state index contributed by atoms with van der Waals surface area (Å²) in [5.74, 6) is -0.988. The minimum atomic E-state index is -1.19. The van der Waals surface area contributed by atoms with Gasteiger partial charge in [0.2, 0.25) is 5.91 Å². The van der Waals surface area contributed by atoms with Crippen molar-refractivity contribution in [2.75, 3.05) is 6.54 Å². The molecule has 1 aromatic heterocycles. The van der Waals surface area contributed by atoms with Crippen molar-refractivity contribution < 1.29 is 29.3 Å². The van der Waals surface area contributed by atoms with Crippen molar-refractivity contribution in [1.82, 2.24) is 15.2 Å². The van der Waals surface area contributed by atoms with Crippen LogP contribution in [0.4, 0.5) is 4.79 Å². The summed E-state index contributed by atoms with van der Waals surface area (Å²) < 4.78 is 5.08. The molecule has 4 atom stereocenters. The Bertz CT molecular complexity index is 1060. The third kappa shape index (κ3) is 6.16. The van der Waals surface area contributed by atoms with E-state index >= 15 is 0 Å². The number of β-amino-alcohol motifs (C(OH)–C–C–N with tert-alkyl or cyclic N) is 1. The number of nitrogens with one attached hydrogen (secondary N) is 1. The number of nitrogens with two attached hydrogens (primary N) is 1. The number of rotatable bonds is 7. The summed E-state index contributed by atoms with van der Waals surface area (Å²) in [6, 6.07) is 6.27. The fourth-order valence-electron chi connectivity index (χ4n) is 4.10. The van der Waals surface area contributed by atoms with E-state index in [0.717, 1.165) is 16.0 Å². The van der Waals surface area contributed by atoms with Crippen LogP contribution in [-0.2, 0) is 20.9 Å². The fraction of sp³-hybridized carbons (Fsp3) is 0.500. The summed E-state index contributed by atoms with van der Waals surface area (Å²) in [6.45, 7) is 6.81. The molecule has 1 aliphatic heterocycles. The Morgan fingerprint density at radius 3 is 2.51 bits per heavy atom. The van der Waals surface area contributed by atoms with Gasteiger partial charge in [-0.2, -0.15) is 0 Å². The number of hydrogen-bond acceptors (Lipinski definition) is 8. The van der Waals surface area contributed by atoms with Crippen molar-refractivity contribution >= 4 is 29.2 Å². The highest BCUT2D eigenvalue weighted by molar-refractivity contribution is 7.13. The molecule has 190 valence electrons. The predicted molar refractivity (Wildman–Crippen MR) is 130 cm³/mol. The van der Waals surface area contributed by atoms with Gasteiger partial charge in [-0.25, -0.2) is 9.78 Å². The van der Waals surface area contributed by atoms with E-state index in [4.69, 9.17) is 10.5 Å². The Kier molecular flexibility index (Phi) is 8.14. The summed E-state index contributed by atoms with van der Waals surface area (Å²) in [5.41, 5.74) is 8.45. The minimum absolute atomic E-state index is 0.0449. The number of ether oxygens (including phenoxy) is 1. The van der Waals surface area contributed by atoms with E-state index in [1.807, 2.05) is 31.2 Å². The molecule has 1 aliphatic rings. The number of carbonyl (C=O) groups is 3. The Hall–Kier alpha value is -3.02. The zero-order valence-electron chi connectivity index (χ0n) is 20.2. The third-order valence-electron chi connectivity index (χ3n) is 5.93. The van der Waals surface area contributed by atoms with Crippen LogP contribution in [0.1, 0.15) is 51.4 Å². The second kappa shape index (κ2) is 10.7. The van der Waals surface area contributed by atoms with Crippen molar-refractivity contribution in [1.29, 1.82) is 0 Å². The second-order valence-electron chi connectivity index (χ2n) is 9.72. The molecule has 0 radical (unpaired) electrons. The van der Waals surface area contributed by atoms with Crippen LogP contribution in [-0.4, -0.2) is 62.8 Å². The smallest absolute Gasteiger partial charge is 0.405 e. The van der Waals surface area contributed by atoms with E-state index in [2.05, 4.69) is 10.3 Å². The summed E-state index contributed by atoms with van der Waals surface area (Å²) in [5, 5.41) is 22.6. The topological polar surface area (TPSA) is 155 Å². The molecule has 0 saturated carbocycles. The van der Waals surface area contributed by atoms with Gasteiger partial charge in [0.15, 0.2) is 6.10 Å². The van der Waals surface area contributed by atoms with Gasteiger partial charge in [0.1, 0.15) is 6.04 Å². The van der Waals surface area contributed by atoms with Gasteiger partial charge < -0.3 is 30.9 Å². The number of aromatic nitrogens is 1. The van der Waals surface area contributed by atoms with Crippen LogP contribution in [0.3, 0.4) is 0 Å². The molecule has 2 unspecified atom stereocenters. The molecule has 2 aromatic rings. The fourth-order valence-corrected chi connectivity index (χ4v) is 4.91. The quantitative estimate of drug-likeness (QED) is 0.449. The Morgan fingerprint density at radius 1 is 1.29 bits per heavy atom. The molecule has 0 aliphatic carbocycles. The van der Waals surface area contributed by atoms with E-state index in [9.17, 15) is 24.6 Å². The maximum Gasteiger partial charge on any atom is 0.405 e. The Balaban J connectivity index is 1.72.